The lowest BCUT2D eigenvalue weighted by Gasteiger charge is -2.11. The van der Waals surface area contributed by atoms with Gasteiger partial charge in [-0.3, -0.25) is 4.52 Å². The fourth-order valence-corrected chi connectivity index (χ4v) is 1.78. The van der Waals surface area contributed by atoms with E-state index in [1.54, 1.807) is 0 Å². The van der Waals surface area contributed by atoms with E-state index in [4.69, 9.17) is 9.79 Å². The molecule has 0 aromatic rings. The van der Waals surface area contributed by atoms with Crippen molar-refractivity contribution in [3.63, 3.8) is 0 Å². The molecule has 0 saturated carbocycles. The maximum atomic E-state index is 10.3. The van der Waals surface area contributed by atoms with Gasteiger partial charge in [-0.25, -0.2) is 4.57 Å². The molecule has 0 bridgehead atoms. The third kappa shape index (κ3) is 8.70. The largest absolute Gasteiger partial charge is 0.469 e. The molecule has 4 nitrogen and oxygen atoms in total. The van der Waals surface area contributed by atoms with Crippen molar-refractivity contribution in [2.45, 2.75) is 46.0 Å². The van der Waals surface area contributed by atoms with Gasteiger partial charge >= 0.3 is 7.82 Å². The van der Waals surface area contributed by atoms with Gasteiger partial charge in [0.1, 0.15) is 0 Å². The lowest BCUT2D eigenvalue weighted by Crippen LogP contribution is -1.98. The maximum Gasteiger partial charge on any atom is 0.469 e. The van der Waals surface area contributed by atoms with E-state index in [0.717, 1.165) is 25.2 Å². The molecule has 2 N–H and O–H groups in total. The molecule has 86 valence electrons. The highest BCUT2D eigenvalue weighted by Crippen LogP contribution is 2.35. The van der Waals surface area contributed by atoms with Crippen LogP contribution < -0.4 is 0 Å². The van der Waals surface area contributed by atoms with Crippen molar-refractivity contribution in [1.82, 2.24) is 0 Å². The fourth-order valence-electron chi connectivity index (χ4n) is 1.42. The van der Waals surface area contributed by atoms with Crippen LogP contribution in [-0.4, -0.2) is 16.4 Å². The molecule has 0 spiro atoms. The molecule has 5 heteroatoms. The van der Waals surface area contributed by atoms with Gasteiger partial charge in [0.25, 0.3) is 0 Å². The van der Waals surface area contributed by atoms with Gasteiger partial charge in [-0.1, -0.05) is 39.5 Å². The molecule has 0 rings (SSSR count). The summed E-state index contributed by atoms with van der Waals surface area (Å²) < 4.78 is 14.7. The van der Waals surface area contributed by atoms with E-state index in [1.165, 1.54) is 12.8 Å². The summed E-state index contributed by atoms with van der Waals surface area (Å²) >= 11 is 0. The van der Waals surface area contributed by atoms with Crippen molar-refractivity contribution < 1.29 is 18.9 Å². The molecule has 0 aromatic carbocycles. The first-order valence-electron chi connectivity index (χ1n) is 5.19. The van der Waals surface area contributed by atoms with Gasteiger partial charge in [0.15, 0.2) is 0 Å². The van der Waals surface area contributed by atoms with Crippen LogP contribution >= 0.6 is 7.82 Å². The lowest BCUT2D eigenvalue weighted by molar-refractivity contribution is 0.192. The Morgan fingerprint density at radius 2 is 1.79 bits per heavy atom. The van der Waals surface area contributed by atoms with Crippen molar-refractivity contribution in [2.24, 2.45) is 5.92 Å². The van der Waals surface area contributed by atoms with Crippen molar-refractivity contribution in [1.29, 1.82) is 0 Å². The van der Waals surface area contributed by atoms with E-state index >= 15 is 0 Å². The summed E-state index contributed by atoms with van der Waals surface area (Å²) in [5, 5.41) is 0. The van der Waals surface area contributed by atoms with E-state index in [1.807, 2.05) is 0 Å². The molecule has 0 saturated heterocycles. The Balaban J connectivity index is 3.33. The predicted molar refractivity (Wildman–Crippen MR) is 55.9 cm³/mol. The van der Waals surface area contributed by atoms with Crippen molar-refractivity contribution in [2.75, 3.05) is 6.61 Å². The molecule has 14 heavy (non-hydrogen) atoms. The minimum Gasteiger partial charge on any atom is -0.303 e. The first kappa shape index (κ1) is 14.1. The second-order valence-corrected chi connectivity index (χ2v) is 4.74. The Morgan fingerprint density at radius 3 is 2.21 bits per heavy atom. The van der Waals surface area contributed by atoms with Crippen LogP contribution in [0.1, 0.15) is 46.0 Å². The molecular weight excluding hydrogens is 203 g/mol. The highest BCUT2D eigenvalue weighted by Gasteiger charge is 2.12. The smallest absolute Gasteiger partial charge is 0.303 e. The predicted octanol–water partition coefficient (Wildman–Crippen LogP) is 2.70. The summed E-state index contributed by atoms with van der Waals surface area (Å²) in [7, 11) is -4.24. The average Bonchev–Trinajstić information content (AvgIpc) is 2.09. The third-order valence-electron chi connectivity index (χ3n) is 2.42. The minimum absolute atomic E-state index is 0.157. The summed E-state index contributed by atoms with van der Waals surface area (Å²) in [6.07, 6.45) is 5.18. The second kappa shape index (κ2) is 7.41. The van der Waals surface area contributed by atoms with Crippen molar-refractivity contribution in [3.05, 3.63) is 0 Å². The molecule has 0 amide bonds. The zero-order valence-corrected chi connectivity index (χ0v) is 9.87. The lowest BCUT2D eigenvalue weighted by atomic mass is 9.97. The number of unbranched alkanes of at least 4 members (excludes halogenated alkanes) is 1. The Hall–Kier alpha value is 0.110. The topological polar surface area (TPSA) is 66.8 Å². The molecule has 0 unspecified atom stereocenters. The van der Waals surface area contributed by atoms with E-state index in [-0.39, 0.29) is 6.61 Å². The normalized spacial score (nSPS) is 12.4. The molecule has 0 radical (unpaired) electrons. The van der Waals surface area contributed by atoms with Crippen molar-refractivity contribution >= 4 is 7.82 Å². The number of phosphoric acid groups is 1. The van der Waals surface area contributed by atoms with E-state index in [0.29, 0.717) is 0 Å². The molecular formula is C9H21O4P. The van der Waals surface area contributed by atoms with Crippen LogP contribution in [0.15, 0.2) is 0 Å². The van der Waals surface area contributed by atoms with E-state index in [9.17, 15) is 4.57 Å². The summed E-state index contributed by atoms with van der Waals surface area (Å²) in [5.74, 6) is 0.741. The summed E-state index contributed by atoms with van der Waals surface area (Å²) in [4.78, 5) is 16.8. The van der Waals surface area contributed by atoms with Crippen LogP contribution in [0.25, 0.3) is 0 Å². The number of hydrogen-bond acceptors (Lipinski definition) is 2. The Bertz CT molecular complexity index is 174. The van der Waals surface area contributed by atoms with Gasteiger partial charge in [0.05, 0.1) is 6.61 Å². The van der Waals surface area contributed by atoms with Crippen LogP contribution in [0.2, 0.25) is 0 Å². The number of hydrogen-bond donors (Lipinski definition) is 2. The van der Waals surface area contributed by atoms with Gasteiger partial charge in [0.2, 0.25) is 0 Å². The summed E-state index contributed by atoms with van der Waals surface area (Å²) in [6.45, 7) is 4.49. The number of phosphoric ester groups is 1. The second-order valence-electron chi connectivity index (χ2n) is 3.50. The fraction of sp³-hybridized carbons (Fsp3) is 1.00. The van der Waals surface area contributed by atoms with Gasteiger partial charge in [-0.15, -0.1) is 0 Å². The van der Waals surface area contributed by atoms with Crippen molar-refractivity contribution in [3.8, 4) is 0 Å². The molecule has 0 aliphatic carbocycles. The van der Waals surface area contributed by atoms with Gasteiger partial charge < -0.3 is 9.79 Å². The molecule has 0 heterocycles. The standard InChI is InChI=1S/C9H21O4P/c1-3-9(4-2)7-5-6-8-13-14(10,11)12/h9H,3-8H2,1-2H3,(H2,10,11,12). The zero-order valence-electron chi connectivity index (χ0n) is 8.98. The van der Waals surface area contributed by atoms with Crippen LogP contribution in [0.5, 0.6) is 0 Å². The van der Waals surface area contributed by atoms with Gasteiger partial charge in [-0.2, -0.15) is 0 Å². The Morgan fingerprint density at radius 1 is 1.21 bits per heavy atom. The SMILES string of the molecule is CCC(CC)CCCCOP(=O)(O)O. The van der Waals surface area contributed by atoms with E-state index < -0.39 is 7.82 Å². The first-order chi connectivity index (χ1) is 6.49. The van der Waals surface area contributed by atoms with Crippen LogP contribution in [0.3, 0.4) is 0 Å². The van der Waals surface area contributed by atoms with Crippen LogP contribution in [0, 0.1) is 5.92 Å². The third-order valence-corrected chi connectivity index (χ3v) is 2.94. The highest BCUT2D eigenvalue weighted by molar-refractivity contribution is 7.46. The molecule has 0 aliphatic rings. The summed E-state index contributed by atoms with van der Waals surface area (Å²) in [6, 6.07) is 0. The van der Waals surface area contributed by atoms with E-state index in [2.05, 4.69) is 18.4 Å². The Labute approximate surface area is 85.9 Å². The zero-order chi connectivity index (χ0) is 11.0. The minimum atomic E-state index is -4.24. The first-order valence-corrected chi connectivity index (χ1v) is 6.72. The monoisotopic (exact) mass is 224 g/mol. The van der Waals surface area contributed by atoms with Gasteiger partial charge in [0, 0.05) is 0 Å². The highest BCUT2D eigenvalue weighted by atomic mass is 31.2. The molecule has 0 fully saturated rings. The molecule has 0 aliphatic heterocycles. The average molecular weight is 224 g/mol. The van der Waals surface area contributed by atoms with Crippen LogP contribution in [-0.2, 0) is 9.09 Å². The quantitative estimate of drug-likeness (QED) is 0.491. The molecule has 0 aromatic heterocycles. The Kier molecular flexibility index (Phi) is 7.47. The van der Waals surface area contributed by atoms with Gasteiger partial charge in [-0.05, 0) is 12.3 Å². The maximum absolute atomic E-state index is 10.3. The van der Waals surface area contributed by atoms with Crippen LogP contribution in [0.4, 0.5) is 0 Å². The molecule has 0 atom stereocenters. The number of rotatable bonds is 8. The summed E-state index contributed by atoms with van der Waals surface area (Å²) in [5.41, 5.74) is 0.